The summed E-state index contributed by atoms with van der Waals surface area (Å²) in [6.07, 6.45) is 0. The summed E-state index contributed by atoms with van der Waals surface area (Å²) in [4.78, 5) is 2.27. The molecule has 0 bridgehead atoms. The fraction of sp³-hybridized carbons (Fsp3) is 0.429. The van der Waals surface area contributed by atoms with Crippen LogP contribution >= 0.6 is 11.8 Å². The molecule has 0 aliphatic carbocycles. The fourth-order valence-corrected chi connectivity index (χ4v) is 3.91. The topological polar surface area (TPSA) is 54.4 Å². The number of rotatable bonds is 3. The predicted octanol–water partition coefficient (Wildman–Crippen LogP) is 2.12. The average molecular weight is 295 g/mol. The number of hydrogen-bond acceptors (Lipinski definition) is 5. The number of nitrogens with one attached hydrogen (secondary N) is 1. The molecule has 2 unspecified atom stereocenters. The zero-order valence-electron chi connectivity index (χ0n) is 11.3. The number of benzene rings is 1. The Morgan fingerprint density at radius 3 is 3.10 bits per heavy atom. The van der Waals surface area contributed by atoms with Crippen LogP contribution in [0.4, 0.5) is 4.39 Å². The van der Waals surface area contributed by atoms with Gasteiger partial charge in [-0.1, -0.05) is 12.1 Å². The first-order valence-electron chi connectivity index (χ1n) is 6.63. The number of halogens is 1. The monoisotopic (exact) mass is 295 g/mol. The number of thioether (sulfide) groups is 1. The first-order chi connectivity index (χ1) is 9.70. The Balaban J connectivity index is 1.96. The molecular weight excluding hydrogens is 277 g/mol. The van der Waals surface area contributed by atoms with Crippen LogP contribution in [0.5, 0.6) is 0 Å². The van der Waals surface area contributed by atoms with Gasteiger partial charge in [-0.15, -0.1) is 0 Å². The Kier molecular flexibility index (Phi) is 3.98. The van der Waals surface area contributed by atoms with Crippen molar-refractivity contribution in [1.29, 1.82) is 0 Å². The summed E-state index contributed by atoms with van der Waals surface area (Å²) in [5.41, 5.74) is 3.13. The normalized spacial score (nSPS) is 22.2. The predicted molar refractivity (Wildman–Crippen MR) is 80.0 cm³/mol. The molecule has 108 valence electrons. The Hall–Kier alpha value is -1.08. The van der Waals surface area contributed by atoms with Crippen molar-refractivity contribution in [2.75, 3.05) is 25.1 Å². The molecule has 6 heteroatoms. The third-order valence-electron chi connectivity index (χ3n) is 3.83. The smallest absolute Gasteiger partial charge is 0.169 e. The van der Waals surface area contributed by atoms with Gasteiger partial charge in [-0.25, -0.2) is 9.82 Å². The van der Waals surface area contributed by atoms with E-state index in [-0.39, 0.29) is 17.9 Å². The first-order valence-corrected chi connectivity index (χ1v) is 7.78. The third kappa shape index (κ3) is 2.44. The average Bonchev–Trinajstić information content (AvgIpc) is 2.87. The van der Waals surface area contributed by atoms with E-state index in [1.165, 1.54) is 6.07 Å². The first kappa shape index (κ1) is 13.9. The molecular formula is C14H18FN3OS. The van der Waals surface area contributed by atoms with Gasteiger partial charge in [0, 0.05) is 29.5 Å². The number of para-hydroxylation sites is 1. The van der Waals surface area contributed by atoms with Crippen LogP contribution in [-0.2, 0) is 0 Å². The molecule has 1 fully saturated rings. The zero-order valence-corrected chi connectivity index (χ0v) is 12.1. The van der Waals surface area contributed by atoms with Crippen LogP contribution in [0.25, 0.3) is 11.0 Å². The summed E-state index contributed by atoms with van der Waals surface area (Å²) >= 11 is 1.90. The minimum atomic E-state index is -0.337. The maximum atomic E-state index is 13.7. The molecule has 3 N–H and O–H groups in total. The molecule has 2 aromatic rings. The summed E-state index contributed by atoms with van der Waals surface area (Å²) in [5, 5.41) is 0.770. The Morgan fingerprint density at radius 2 is 2.40 bits per heavy atom. The van der Waals surface area contributed by atoms with Gasteiger partial charge in [-0.05, 0) is 19.2 Å². The summed E-state index contributed by atoms with van der Waals surface area (Å²) in [6.45, 7) is 1.02. The van der Waals surface area contributed by atoms with Gasteiger partial charge < -0.3 is 4.42 Å². The Morgan fingerprint density at radius 1 is 1.55 bits per heavy atom. The lowest BCUT2D eigenvalue weighted by Crippen LogP contribution is -2.49. The van der Waals surface area contributed by atoms with Crippen molar-refractivity contribution in [1.82, 2.24) is 10.3 Å². The number of likely N-dealkylation sites (N-methyl/N-ethyl adjacent to an activating group) is 1. The second kappa shape index (κ2) is 5.73. The second-order valence-electron chi connectivity index (χ2n) is 5.07. The Bertz CT molecular complexity index is 603. The van der Waals surface area contributed by atoms with Crippen LogP contribution in [0.2, 0.25) is 0 Å². The molecule has 3 rings (SSSR count). The molecule has 1 aromatic carbocycles. The minimum absolute atomic E-state index is 0.139. The number of nitrogens with two attached hydrogens (primary N) is 1. The number of nitrogens with zero attached hydrogens (tertiary/aromatic N) is 1. The summed E-state index contributed by atoms with van der Waals surface area (Å²) in [6, 6.07) is 6.91. The summed E-state index contributed by atoms with van der Waals surface area (Å²) in [5.74, 6) is 8.17. The molecule has 4 nitrogen and oxygen atoms in total. The molecule has 1 aliphatic rings. The molecule has 0 amide bonds. The van der Waals surface area contributed by atoms with Crippen molar-refractivity contribution in [2.24, 2.45) is 5.84 Å². The molecule has 1 aromatic heterocycles. The van der Waals surface area contributed by atoms with Gasteiger partial charge in [-0.2, -0.15) is 11.8 Å². The van der Waals surface area contributed by atoms with E-state index in [0.29, 0.717) is 11.3 Å². The van der Waals surface area contributed by atoms with Crippen LogP contribution < -0.4 is 11.3 Å². The lowest BCUT2D eigenvalue weighted by Gasteiger charge is -2.36. The van der Waals surface area contributed by atoms with E-state index >= 15 is 0 Å². The number of fused-ring (bicyclic) bond motifs is 1. The fourth-order valence-electron chi connectivity index (χ4n) is 2.64. The van der Waals surface area contributed by atoms with Gasteiger partial charge >= 0.3 is 0 Å². The van der Waals surface area contributed by atoms with Crippen LogP contribution in [-0.4, -0.2) is 36.0 Å². The third-order valence-corrected chi connectivity index (χ3v) is 4.88. The number of hydrazine groups is 1. The maximum Gasteiger partial charge on any atom is 0.169 e. The molecule has 1 saturated heterocycles. The highest BCUT2D eigenvalue weighted by molar-refractivity contribution is 7.99. The highest BCUT2D eigenvalue weighted by atomic mass is 32.2. The quantitative estimate of drug-likeness (QED) is 0.671. The van der Waals surface area contributed by atoms with Gasteiger partial charge in [0.25, 0.3) is 0 Å². The van der Waals surface area contributed by atoms with Gasteiger partial charge in [0.15, 0.2) is 11.4 Å². The summed E-state index contributed by atoms with van der Waals surface area (Å²) in [7, 11) is 2.08. The second-order valence-corrected chi connectivity index (χ2v) is 6.22. The van der Waals surface area contributed by atoms with Crippen molar-refractivity contribution < 1.29 is 8.81 Å². The summed E-state index contributed by atoms with van der Waals surface area (Å²) < 4.78 is 19.4. The molecule has 0 saturated carbocycles. The molecule has 20 heavy (non-hydrogen) atoms. The van der Waals surface area contributed by atoms with Gasteiger partial charge in [-0.3, -0.25) is 10.7 Å². The van der Waals surface area contributed by atoms with E-state index in [0.717, 1.165) is 23.4 Å². The van der Waals surface area contributed by atoms with Crippen LogP contribution in [0.3, 0.4) is 0 Å². The van der Waals surface area contributed by atoms with Crippen molar-refractivity contribution in [3.63, 3.8) is 0 Å². The van der Waals surface area contributed by atoms with Crippen LogP contribution in [0, 0.1) is 5.82 Å². The number of hydrogen-bond donors (Lipinski definition) is 2. The van der Waals surface area contributed by atoms with Crippen LogP contribution in [0.15, 0.2) is 28.7 Å². The van der Waals surface area contributed by atoms with E-state index in [2.05, 4.69) is 17.4 Å². The molecule has 2 atom stereocenters. The number of furan rings is 1. The molecule has 0 spiro atoms. The SMILES string of the molecule is CN1CCSCC1C(NN)c1cc2cccc(F)c2o1. The largest absolute Gasteiger partial charge is 0.456 e. The lowest BCUT2D eigenvalue weighted by molar-refractivity contribution is 0.202. The van der Waals surface area contributed by atoms with Crippen molar-refractivity contribution in [3.05, 3.63) is 35.8 Å². The molecule has 0 radical (unpaired) electrons. The van der Waals surface area contributed by atoms with E-state index < -0.39 is 0 Å². The molecule has 1 aliphatic heterocycles. The standard InChI is InChI=1S/C14H18FN3OS/c1-18-5-6-20-8-11(18)13(17-16)12-7-9-3-2-4-10(15)14(9)19-12/h2-4,7,11,13,17H,5-6,8,16H2,1H3. The van der Waals surface area contributed by atoms with Crippen molar-refractivity contribution in [2.45, 2.75) is 12.1 Å². The van der Waals surface area contributed by atoms with Gasteiger partial charge in [0.2, 0.25) is 0 Å². The lowest BCUT2D eigenvalue weighted by atomic mass is 10.1. The van der Waals surface area contributed by atoms with E-state index in [9.17, 15) is 4.39 Å². The minimum Gasteiger partial charge on any atom is -0.456 e. The molecule has 2 heterocycles. The van der Waals surface area contributed by atoms with E-state index in [1.54, 1.807) is 6.07 Å². The zero-order chi connectivity index (χ0) is 14.1. The maximum absolute atomic E-state index is 13.7. The van der Waals surface area contributed by atoms with Crippen LogP contribution in [0.1, 0.15) is 11.8 Å². The van der Waals surface area contributed by atoms with Crippen molar-refractivity contribution in [3.8, 4) is 0 Å². The van der Waals surface area contributed by atoms with E-state index in [1.807, 2.05) is 23.9 Å². The highest BCUT2D eigenvalue weighted by Gasteiger charge is 2.31. The van der Waals surface area contributed by atoms with Crippen molar-refractivity contribution >= 4 is 22.7 Å². The Labute approximate surface area is 121 Å². The van der Waals surface area contributed by atoms with Gasteiger partial charge in [0.1, 0.15) is 5.76 Å². The highest BCUT2D eigenvalue weighted by Crippen LogP contribution is 2.31. The van der Waals surface area contributed by atoms with E-state index in [4.69, 9.17) is 10.3 Å². The van der Waals surface area contributed by atoms with Gasteiger partial charge in [0.05, 0.1) is 6.04 Å².